The molecule has 4 aromatic rings. The van der Waals surface area contributed by atoms with E-state index in [0.717, 1.165) is 71.0 Å². The van der Waals surface area contributed by atoms with Crippen LogP contribution in [0.4, 0.5) is 0 Å². The normalized spacial score (nSPS) is 14.0. The molecule has 0 atom stereocenters. The van der Waals surface area contributed by atoms with Crippen LogP contribution < -0.4 is 5.32 Å². The Balaban J connectivity index is 1.25. The van der Waals surface area contributed by atoms with Gasteiger partial charge in [0, 0.05) is 43.4 Å². The molecule has 0 aliphatic carbocycles. The summed E-state index contributed by atoms with van der Waals surface area (Å²) < 4.78 is 3.14. The molecule has 8 heteroatoms. The Morgan fingerprint density at radius 1 is 1.14 bits per heavy atom. The molecule has 36 heavy (non-hydrogen) atoms. The van der Waals surface area contributed by atoms with Crippen LogP contribution >= 0.6 is 11.3 Å². The summed E-state index contributed by atoms with van der Waals surface area (Å²) >= 11 is 1.59. The summed E-state index contributed by atoms with van der Waals surface area (Å²) in [5, 5.41) is 3.05. The highest BCUT2D eigenvalue weighted by molar-refractivity contribution is 7.23. The van der Waals surface area contributed by atoms with Gasteiger partial charge in [0.25, 0.3) is 5.91 Å². The third-order valence-electron chi connectivity index (χ3n) is 6.98. The highest BCUT2D eigenvalue weighted by Gasteiger charge is 2.20. The topological polar surface area (TPSA) is 70.0 Å². The molecule has 1 N–H and O–H groups in total. The number of nitrogens with zero attached hydrogens (tertiary/aromatic N) is 4. The molecule has 1 aliphatic heterocycles. The fourth-order valence-electron chi connectivity index (χ4n) is 4.80. The highest BCUT2D eigenvalue weighted by Crippen LogP contribution is 2.30. The van der Waals surface area contributed by atoms with Gasteiger partial charge in [0.05, 0.1) is 15.9 Å². The zero-order valence-corrected chi connectivity index (χ0v) is 21.8. The van der Waals surface area contributed by atoms with Crippen molar-refractivity contribution in [2.45, 2.75) is 39.7 Å². The number of nitrogens with one attached hydrogen (secondary N) is 1. The van der Waals surface area contributed by atoms with Gasteiger partial charge in [0.1, 0.15) is 0 Å². The van der Waals surface area contributed by atoms with Gasteiger partial charge in [0.2, 0.25) is 5.91 Å². The van der Waals surface area contributed by atoms with Crippen LogP contribution in [0.3, 0.4) is 0 Å². The smallest absolute Gasteiger partial charge is 0.251 e. The molecule has 1 fully saturated rings. The number of rotatable bonds is 10. The lowest BCUT2D eigenvalue weighted by Crippen LogP contribution is -2.29. The Bertz CT molecular complexity index is 1370. The zero-order chi connectivity index (χ0) is 25.1. The van der Waals surface area contributed by atoms with Gasteiger partial charge >= 0.3 is 0 Å². The molecule has 2 aromatic carbocycles. The lowest BCUT2D eigenvalue weighted by atomic mass is 10.1. The predicted octanol–water partition coefficient (Wildman–Crippen LogP) is 4.80. The fraction of sp³-hybridized carbons (Fsp3) is 0.393. The number of carbonyl (C=O) groups excluding carboxylic acids is 2. The molecule has 1 aliphatic rings. The second-order valence-corrected chi connectivity index (χ2v) is 10.3. The molecule has 0 radical (unpaired) electrons. The van der Waals surface area contributed by atoms with Gasteiger partial charge in [-0.05, 0) is 56.2 Å². The van der Waals surface area contributed by atoms with Crippen molar-refractivity contribution in [3.63, 3.8) is 0 Å². The maximum absolute atomic E-state index is 12.7. The van der Waals surface area contributed by atoms with E-state index in [9.17, 15) is 9.59 Å². The largest absolute Gasteiger partial charge is 0.352 e. The van der Waals surface area contributed by atoms with Crippen molar-refractivity contribution in [1.29, 1.82) is 0 Å². The van der Waals surface area contributed by atoms with Crippen molar-refractivity contribution in [2.24, 2.45) is 0 Å². The Kier molecular flexibility index (Phi) is 7.34. The van der Waals surface area contributed by atoms with Crippen molar-refractivity contribution in [1.82, 2.24) is 24.5 Å². The SMILES string of the molecule is CCN(CC)CCCNC(=O)c1ccc2c(c1)sc1nc(-c3ccc(CN4CCCC4=O)cc3)cn12. The van der Waals surface area contributed by atoms with Crippen LogP contribution in [-0.2, 0) is 11.3 Å². The Labute approximate surface area is 215 Å². The van der Waals surface area contributed by atoms with Gasteiger partial charge in [-0.2, -0.15) is 0 Å². The monoisotopic (exact) mass is 503 g/mol. The summed E-state index contributed by atoms with van der Waals surface area (Å²) in [6, 6.07) is 14.2. The molecule has 1 saturated heterocycles. The molecule has 188 valence electrons. The Morgan fingerprint density at radius 3 is 2.67 bits per heavy atom. The summed E-state index contributed by atoms with van der Waals surface area (Å²) in [6.45, 7) is 9.60. The number of thiazole rings is 1. The van der Waals surface area contributed by atoms with Gasteiger partial charge in [-0.25, -0.2) is 4.98 Å². The highest BCUT2D eigenvalue weighted by atomic mass is 32.1. The van der Waals surface area contributed by atoms with Crippen molar-refractivity contribution in [3.8, 4) is 11.3 Å². The number of hydrogen-bond donors (Lipinski definition) is 1. The molecule has 0 saturated carbocycles. The fourth-order valence-corrected chi connectivity index (χ4v) is 5.85. The van der Waals surface area contributed by atoms with Crippen molar-refractivity contribution in [2.75, 3.05) is 32.7 Å². The quantitative estimate of drug-likeness (QED) is 0.316. The molecular formula is C28H33N5O2S. The Hall–Kier alpha value is -3.23. The number of benzene rings is 2. The van der Waals surface area contributed by atoms with Gasteiger partial charge in [-0.3, -0.25) is 14.0 Å². The van der Waals surface area contributed by atoms with Gasteiger partial charge in [-0.15, -0.1) is 0 Å². The molecule has 2 aromatic heterocycles. The van der Waals surface area contributed by atoms with Crippen molar-refractivity contribution < 1.29 is 9.59 Å². The number of aromatic nitrogens is 2. The summed E-state index contributed by atoms with van der Waals surface area (Å²) in [4.78, 5) is 34.6. The molecule has 7 nitrogen and oxygen atoms in total. The average molecular weight is 504 g/mol. The molecule has 0 spiro atoms. The number of carbonyl (C=O) groups is 2. The van der Waals surface area contributed by atoms with E-state index in [0.29, 0.717) is 25.1 Å². The average Bonchev–Trinajstić information content (AvgIpc) is 3.58. The molecule has 0 unspecified atom stereocenters. The van der Waals surface area contributed by atoms with Crippen LogP contribution in [0.2, 0.25) is 0 Å². The standard InChI is InChI=1S/C28H33N5O2S/c1-3-31(4-2)15-6-14-29-27(35)22-12-13-24-25(17-22)36-28-30-23(19-33(24)28)21-10-8-20(9-11-21)18-32-16-5-7-26(32)34/h8-13,17,19H,3-7,14-16,18H2,1-2H3,(H,29,35). The van der Waals surface area contributed by atoms with E-state index >= 15 is 0 Å². The zero-order valence-electron chi connectivity index (χ0n) is 21.0. The Morgan fingerprint density at radius 2 is 1.94 bits per heavy atom. The van der Waals surface area contributed by atoms with Crippen LogP contribution in [0.1, 0.15) is 49.0 Å². The second kappa shape index (κ2) is 10.8. The first kappa shape index (κ1) is 24.5. The third kappa shape index (κ3) is 5.15. The minimum absolute atomic E-state index is 0.0288. The second-order valence-electron chi connectivity index (χ2n) is 9.32. The van der Waals surface area contributed by atoms with Crippen LogP contribution in [0, 0.1) is 0 Å². The summed E-state index contributed by atoms with van der Waals surface area (Å²) in [5.41, 5.74) is 4.84. The maximum atomic E-state index is 12.7. The summed E-state index contributed by atoms with van der Waals surface area (Å²) in [5.74, 6) is 0.218. The first-order valence-corrected chi connectivity index (χ1v) is 13.7. The lowest BCUT2D eigenvalue weighted by molar-refractivity contribution is -0.128. The van der Waals surface area contributed by atoms with Crippen LogP contribution in [0.15, 0.2) is 48.7 Å². The number of fused-ring (bicyclic) bond motifs is 3. The van der Waals surface area contributed by atoms with E-state index in [1.165, 1.54) is 0 Å². The number of likely N-dealkylation sites (tertiary alicyclic amines) is 1. The minimum Gasteiger partial charge on any atom is -0.352 e. The van der Waals surface area contributed by atoms with Crippen LogP contribution in [-0.4, -0.2) is 63.7 Å². The predicted molar refractivity (Wildman–Crippen MR) is 145 cm³/mol. The first-order valence-electron chi connectivity index (χ1n) is 12.8. The first-order chi connectivity index (χ1) is 17.6. The molecule has 2 amide bonds. The van der Waals surface area contributed by atoms with E-state index in [2.05, 4.69) is 58.9 Å². The lowest BCUT2D eigenvalue weighted by Gasteiger charge is -2.17. The molecule has 0 bridgehead atoms. The van der Waals surface area contributed by atoms with E-state index in [1.807, 2.05) is 23.1 Å². The third-order valence-corrected chi connectivity index (χ3v) is 8.00. The number of hydrogen-bond acceptors (Lipinski definition) is 5. The molecular weight excluding hydrogens is 470 g/mol. The van der Waals surface area contributed by atoms with E-state index < -0.39 is 0 Å². The van der Waals surface area contributed by atoms with Crippen LogP contribution in [0.25, 0.3) is 26.4 Å². The van der Waals surface area contributed by atoms with Gasteiger partial charge < -0.3 is 15.1 Å². The van der Waals surface area contributed by atoms with Crippen LogP contribution in [0.5, 0.6) is 0 Å². The van der Waals surface area contributed by atoms with E-state index in [4.69, 9.17) is 4.98 Å². The number of amides is 2. The van der Waals surface area contributed by atoms with Crippen molar-refractivity contribution in [3.05, 3.63) is 59.8 Å². The number of imidazole rings is 1. The summed E-state index contributed by atoms with van der Waals surface area (Å²) in [7, 11) is 0. The maximum Gasteiger partial charge on any atom is 0.251 e. The van der Waals surface area contributed by atoms with Crippen molar-refractivity contribution >= 4 is 38.3 Å². The van der Waals surface area contributed by atoms with E-state index in [1.54, 1.807) is 11.3 Å². The minimum atomic E-state index is -0.0288. The van der Waals surface area contributed by atoms with Gasteiger partial charge in [0.15, 0.2) is 4.96 Å². The molecule has 5 rings (SSSR count). The summed E-state index contributed by atoms with van der Waals surface area (Å²) in [6.07, 6.45) is 4.63. The van der Waals surface area contributed by atoms with E-state index in [-0.39, 0.29) is 11.8 Å². The van der Waals surface area contributed by atoms with Gasteiger partial charge in [-0.1, -0.05) is 49.4 Å². The molecule has 3 heterocycles.